The van der Waals surface area contributed by atoms with Crippen LogP contribution in [0.2, 0.25) is 0 Å². The van der Waals surface area contributed by atoms with Crippen LogP contribution in [0.25, 0.3) is 17.2 Å². The Bertz CT molecular complexity index is 1140. The minimum Gasteiger partial charge on any atom is -0.497 e. The normalized spacial score (nSPS) is 11.9. The molecule has 0 saturated carbocycles. The second-order valence-electron chi connectivity index (χ2n) is 5.82. The Kier molecular flexibility index (Phi) is 4.53. The minimum absolute atomic E-state index is 0.00119. The standard InChI is InChI=1S/C17H12BrF3N6O/c1-28-11-4-2-10(3-5-11)9-27-15(24-16(25-27)17(19,20)21)13-14(18)26-7-6-22-8-12(26)23-13/h2-8H,9H2,1H3. The van der Waals surface area contributed by atoms with E-state index in [1.807, 2.05) is 0 Å². The van der Waals surface area contributed by atoms with E-state index in [9.17, 15) is 13.2 Å². The zero-order chi connectivity index (χ0) is 19.9. The summed E-state index contributed by atoms with van der Waals surface area (Å²) in [4.78, 5) is 12.0. The van der Waals surface area contributed by atoms with Crippen molar-refractivity contribution >= 4 is 21.6 Å². The second kappa shape index (κ2) is 6.89. The molecule has 0 N–H and O–H groups in total. The predicted molar refractivity (Wildman–Crippen MR) is 96.8 cm³/mol. The van der Waals surface area contributed by atoms with Crippen molar-refractivity contribution in [2.75, 3.05) is 7.11 Å². The summed E-state index contributed by atoms with van der Waals surface area (Å²) in [7, 11) is 1.54. The third-order valence-electron chi connectivity index (χ3n) is 4.00. The number of rotatable bonds is 4. The van der Waals surface area contributed by atoms with Crippen LogP contribution in [0.5, 0.6) is 5.75 Å². The fourth-order valence-corrected chi connectivity index (χ4v) is 3.24. The van der Waals surface area contributed by atoms with Crippen LogP contribution in [-0.2, 0) is 12.7 Å². The predicted octanol–water partition coefficient (Wildman–Crippen LogP) is 3.83. The smallest absolute Gasteiger partial charge is 0.453 e. The number of nitrogens with zero attached hydrogens (tertiary/aromatic N) is 6. The van der Waals surface area contributed by atoms with Gasteiger partial charge in [0.2, 0.25) is 0 Å². The number of fused-ring (bicyclic) bond motifs is 1. The van der Waals surface area contributed by atoms with Gasteiger partial charge < -0.3 is 4.74 Å². The van der Waals surface area contributed by atoms with Gasteiger partial charge in [-0.05, 0) is 33.6 Å². The summed E-state index contributed by atoms with van der Waals surface area (Å²) in [6.07, 6.45) is 0.0213. The number of hydrogen-bond donors (Lipinski definition) is 0. The van der Waals surface area contributed by atoms with Crippen LogP contribution in [0.4, 0.5) is 13.2 Å². The maximum Gasteiger partial charge on any atom is 0.453 e. The van der Waals surface area contributed by atoms with Crippen molar-refractivity contribution in [3.05, 3.63) is 58.8 Å². The summed E-state index contributed by atoms with van der Waals surface area (Å²) in [5.74, 6) is -0.578. The molecule has 0 unspecified atom stereocenters. The van der Waals surface area contributed by atoms with Gasteiger partial charge in [-0.15, -0.1) is 5.10 Å². The number of alkyl halides is 3. The van der Waals surface area contributed by atoms with E-state index in [1.54, 1.807) is 41.1 Å². The molecule has 11 heteroatoms. The Morgan fingerprint density at radius 2 is 1.89 bits per heavy atom. The summed E-state index contributed by atoms with van der Waals surface area (Å²) in [6.45, 7) is 0.0843. The fourth-order valence-electron chi connectivity index (χ4n) is 2.67. The minimum atomic E-state index is -4.67. The Balaban J connectivity index is 1.82. The molecule has 0 fully saturated rings. The van der Waals surface area contributed by atoms with Crippen molar-refractivity contribution in [3.63, 3.8) is 0 Å². The van der Waals surface area contributed by atoms with Crippen LogP contribution in [0.3, 0.4) is 0 Å². The molecule has 0 saturated heterocycles. The average molecular weight is 453 g/mol. The number of ether oxygens (including phenoxy) is 1. The van der Waals surface area contributed by atoms with Gasteiger partial charge in [0.1, 0.15) is 16.0 Å². The van der Waals surface area contributed by atoms with Crippen LogP contribution < -0.4 is 4.74 Å². The lowest BCUT2D eigenvalue weighted by Crippen LogP contribution is -2.09. The first kappa shape index (κ1) is 18.4. The highest BCUT2D eigenvalue weighted by molar-refractivity contribution is 9.10. The van der Waals surface area contributed by atoms with E-state index < -0.39 is 12.0 Å². The second-order valence-corrected chi connectivity index (χ2v) is 6.57. The molecule has 144 valence electrons. The van der Waals surface area contributed by atoms with E-state index in [2.05, 4.69) is 36.0 Å². The maximum atomic E-state index is 13.2. The first-order chi connectivity index (χ1) is 13.4. The molecule has 0 spiro atoms. The average Bonchev–Trinajstić information content (AvgIpc) is 3.24. The number of benzene rings is 1. The molecule has 3 heterocycles. The van der Waals surface area contributed by atoms with Crippen molar-refractivity contribution in [1.29, 1.82) is 0 Å². The topological polar surface area (TPSA) is 70.1 Å². The summed E-state index contributed by atoms with van der Waals surface area (Å²) < 4.78 is 48.1. The van der Waals surface area contributed by atoms with Crippen molar-refractivity contribution in [1.82, 2.24) is 29.1 Å². The van der Waals surface area contributed by atoms with Gasteiger partial charge in [-0.3, -0.25) is 9.38 Å². The zero-order valence-corrected chi connectivity index (χ0v) is 15.9. The quantitative estimate of drug-likeness (QED) is 0.470. The van der Waals surface area contributed by atoms with Gasteiger partial charge >= 0.3 is 6.18 Å². The van der Waals surface area contributed by atoms with E-state index in [-0.39, 0.29) is 18.1 Å². The molecule has 28 heavy (non-hydrogen) atoms. The van der Waals surface area contributed by atoms with Gasteiger partial charge in [0.15, 0.2) is 11.5 Å². The number of imidazole rings is 1. The maximum absolute atomic E-state index is 13.2. The monoisotopic (exact) mass is 452 g/mol. The summed E-state index contributed by atoms with van der Waals surface area (Å²) in [5, 5.41) is 3.67. The van der Waals surface area contributed by atoms with Gasteiger partial charge in [0, 0.05) is 12.4 Å². The van der Waals surface area contributed by atoms with Crippen LogP contribution in [-0.4, -0.2) is 36.2 Å². The molecule has 0 atom stereocenters. The molecule has 0 aliphatic carbocycles. The van der Waals surface area contributed by atoms with E-state index in [1.165, 1.54) is 18.0 Å². The van der Waals surface area contributed by atoms with Crippen molar-refractivity contribution < 1.29 is 17.9 Å². The van der Waals surface area contributed by atoms with E-state index in [4.69, 9.17) is 4.74 Å². The largest absolute Gasteiger partial charge is 0.497 e. The molecular formula is C17H12BrF3N6O. The molecule has 0 amide bonds. The lowest BCUT2D eigenvalue weighted by molar-refractivity contribution is -0.144. The summed E-state index contributed by atoms with van der Waals surface area (Å²) >= 11 is 3.38. The van der Waals surface area contributed by atoms with Crippen molar-refractivity contribution in [2.45, 2.75) is 12.7 Å². The van der Waals surface area contributed by atoms with Crippen LogP contribution in [0.15, 0.2) is 47.5 Å². The first-order valence-electron chi connectivity index (χ1n) is 7.99. The Morgan fingerprint density at radius 3 is 2.54 bits per heavy atom. The molecule has 0 aliphatic rings. The molecule has 3 aromatic heterocycles. The molecule has 4 aromatic rings. The van der Waals surface area contributed by atoms with Gasteiger partial charge in [-0.25, -0.2) is 14.6 Å². The molecule has 0 bridgehead atoms. The lowest BCUT2D eigenvalue weighted by atomic mass is 10.2. The fraction of sp³-hybridized carbons (Fsp3) is 0.176. The lowest BCUT2D eigenvalue weighted by Gasteiger charge is -2.06. The zero-order valence-electron chi connectivity index (χ0n) is 14.4. The Labute approximate surface area is 165 Å². The SMILES string of the molecule is COc1ccc(Cn2nc(C(F)(F)F)nc2-c2nc3cnccn3c2Br)cc1. The van der Waals surface area contributed by atoms with Crippen LogP contribution >= 0.6 is 15.9 Å². The molecule has 1 aromatic carbocycles. The number of hydrogen-bond acceptors (Lipinski definition) is 5. The van der Waals surface area contributed by atoms with Gasteiger partial charge in [0.25, 0.3) is 5.82 Å². The Morgan fingerprint density at radius 1 is 1.14 bits per heavy atom. The number of aromatic nitrogens is 6. The van der Waals surface area contributed by atoms with Crippen LogP contribution in [0, 0.1) is 0 Å². The first-order valence-corrected chi connectivity index (χ1v) is 8.79. The number of halogens is 4. The van der Waals surface area contributed by atoms with Crippen molar-refractivity contribution in [3.8, 4) is 17.3 Å². The van der Waals surface area contributed by atoms with Gasteiger partial charge in [0.05, 0.1) is 19.9 Å². The molecule has 0 radical (unpaired) electrons. The Hall–Kier alpha value is -2.95. The van der Waals surface area contributed by atoms with E-state index in [0.717, 1.165) is 5.56 Å². The molecule has 4 rings (SSSR count). The molecule has 0 aliphatic heterocycles. The highest BCUT2D eigenvalue weighted by Crippen LogP contribution is 2.32. The number of methoxy groups -OCH3 is 1. The highest BCUT2D eigenvalue weighted by atomic mass is 79.9. The van der Waals surface area contributed by atoms with Gasteiger partial charge in [-0.1, -0.05) is 12.1 Å². The third kappa shape index (κ3) is 3.33. The van der Waals surface area contributed by atoms with Crippen LogP contribution in [0.1, 0.15) is 11.4 Å². The summed E-state index contributed by atoms with van der Waals surface area (Å²) in [6, 6.07) is 6.95. The molecule has 7 nitrogen and oxygen atoms in total. The van der Waals surface area contributed by atoms with Crippen molar-refractivity contribution in [2.24, 2.45) is 0 Å². The van der Waals surface area contributed by atoms with E-state index >= 15 is 0 Å². The molecular weight excluding hydrogens is 441 g/mol. The summed E-state index contributed by atoms with van der Waals surface area (Å²) in [5.41, 5.74) is 1.45. The van der Waals surface area contributed by atoms with E-state index in [0.29, 0.717) is 16.0 Å². The van der Waals surface area contributed by atoms with Gasteiger partial charge in [-0.2, -0.15) is 13.2 Å². The third-order valence-corrected chi connectivity index (χ3v) is 4.76. The highest BCUT2D eigenvalue weighted by Gasteiger charge is 2.38.